The zero-order valence-electron chi connectivity index (χ0n) is 8.59. The van der Waals surface area contributed by atoms with E-state index < -0.39 is 0 Å². The lowest BCUT2D eigenvalue weighted by atomic mass is 9.83. The van der Waals surface area contributed by atoms with Crippen LogP contribution in [0.4, 0.5) is 0 Å². The van der Waals surface area contributed by atoms with Crippen molar-refractivity contribution in [2.45, 2.75) is 44.6 Å². The molecule has 3 nitrogen and oxygen atoms in total. The van der Waals surface area contributed by atoms with Crippen LogP contribution in [0.1, 0.15) is 38.5 Å². The first kappa shape index (κ1) is 11.0. The van der Waals surface area contributed by atoms with E-state index in [2.05, 4.69) is 5.43 Å². The number of nitrogens with two attached hydrogens (primary N) is 1. The molecular weight excluding hydrogens is 164 g/mol. The molecule has 3 N–H and O–H groups in total. The summed E-state index contributed by atoms with van der Waals surface area (Å²) in [7, 11) is 1.74. The molecule has 0 bridgehead atoms. The zero-order valence-corrected chi connectivity index (χ0v) is 8.59. The molecule has 0 saturated heterocycles. The molecule has 1 unspecified atom stereocenters. The summed E-state index contributed by atoms with van der Waals surface area (Å²) in [6.45, 7) is 0.811. The summed E-state index contributed by atoms with van der Waals surface area (Å²) in [6, 6.07) is 0.459. The Bertz CT molecular complexity index is 124. The maximum absolute atomic E-state index is 5.54. The first-order valence-corrected chi connectivity index (χ1v) is 5.33. The number of ether oxygens (including phenoxy) is 1. The largest absolute Gasteiger partial charge is 0.385 e. The van der Waals surface area contributed by atoms with Gasteiger partial charge in [0.05, 0.1) is 0 Å². The Balaban J connectivity index is 2.26. The van der Waals surface area contributed by atoms with E-state index in [1.165, 1.54) is 32.1 Å². The summed E-state index contributed by atoms with van der Waals surface area (Å²) in [5.41, 5.74) is 2.93. The van der Waals surface area contributed by atoms with E-state index in [1.807, 2.05) is 0 Å². The van der Waals surface area contributed by atoms with Gasteiger partial charge in [0.1, 0.15) is 0 Å². The quantitative estimate of drug-likeness (QED) is 0.504. The fourth-order valence-electron chi connectivity index (χ4n) is 2.24. The third-order valence-corrected chi connectivity index (χ3v) is 3.07. The molecule has 0 spiro atoms. The molecule has 3 heteroatoms. The highest BCUT2D eigenvalue weighted by atomic mass is 16.5. The van der Waals surface area contributed by atoms with Gasteiger partial charge in [-0.1, -0.05) is 19.3 Å². The molecule has 0 radical (unpaired) electrons. The van der Waals surface area contributed by atoms with Crippen LogP contribution in [0.25, 0.3) is 0 Å². The summed E-state index contributed by atoms with van der Waals surface area (Å²) in [4.78, 5) is 0. The minimum absolute atomic E-state index is 0.459. The van der Waals surface area contributed by atoms with Crippen LogP contribution < -0.4 is 11.3 Å². The highest BCUT2D eigenvalue weighted by molar-refractivity contribution is 4.77. The van der Waals surface area contributed by atoms with Crippen LogP contribution in [-0.2, 0) is 4.74 Å². The minimum Gasteiger partial charge on any atom is -0.385 e. The maximum Gasteiger partial charge on any atom is 0.0477 e. The third-order valence-electron chi connectivity index (χ3n) is 3.07. The van der Waals surface area contributed by atoms with E-state index >= 15 is 0 Å². The van der Waals surface area contributed by atoms with Gasteiger partial charge in [-0.15, -0.1) is 0 Å². The SMILES string of the molecule is COCCC(NN)C1CCCCC1. The van der Waals surface area contributed by atoms with Gasteiger partial charge in [-0.2, -0.15) is 0 Å². The molecule has 1 rings (SSSR count). The second-order valence-corrected chi connectivity index (χ2v) is 3.95. The lowest BCUT2D eigenvalue weighted by Crippen LogP contribution is -2.42. The van der Waals surface area contributed by atoms with Gasteiger partial charge in [0.2, 0.25) is 0 Å². The highest BCUT2D eigenvalue weighted by Gasteiger charge is 2.21. The molecule has 13 heavy (non-hydrogen) atoms. The predicted octanol–water partition coefficient (Wildman–Crippen LogP) is 1.44. The molecule has 0 amide bonds. The Kier molecular flexibility index (Phi) is 5.35. The number of methoxy groups -OCH3 is 1. The average Bonchev–Trinajstić information content (AvgIpc) is 2.21. The first-order chi connectivity index (χ1) is 6.38. The van der Waals surface area contributed by atoms with Crippen LogP contribution in [0.5, 0.6) is 0 Å². The van der Waals surface area contributed by atoms with Crippen LogP contribution in [0.15, 0.2) is 0 Å². The van der Waals surface area contributed by atoms with Crippen LogP contribution in [-0.4, -0.2) is 19.8 Å². The van der Waals surface area contributed by atoms with Gasteiger partial charge >= 0.3 is 0 Å². The normalized spacial score (nSPS) is 21.7. The summed E-state index contributed by atoms with van der Waals surface area (Å²) in [5, 5.41) is 0. The van der Waals surface area contributed by atoms with Crippen LogP contribution in [0.3, 0.4) is 0 Å². The number of hydrazine groups is 1. The molecule has 1 fully saturated rings. The van der Waals surface area contributed by atoms with E-state index in [0.717, 1.165) is 18.9 Å². The van der Waals surface area contributed by atoms with Crippen molar-refractivity contribution in [2.24, 2.45) is 11.8 Å². The smallest absolute Gasteiger partial charge is 0.0477 e. The number of hydrogen-bond donors (Lipinski definition) is 2. The molecule has 0 aromatic rings. The second-order valence-electron chi connectivity index (χ2n) is 3.95. The van der Waals surface area contributed by atoms with Crippen LogP contribution in [0.2, 0.25) is 0 Å². The van der Waals surface area contributed by atoms with Gasteiger partial charge in [0, 0.05) is 19.8 Å². The summed E-state index contributed by atoms with van der Waals surface area (Å²) in [5.74, 6) is 6.31. The maximum atomic E-state index is 5.54. The van der Waals surface area contributed by atoms with Gasteiger partial charge < -0.3 is 4.74 Å². The molecule has 1 aliphatic rings. The standard InChI is InChI=1S/C10H22N2O/c1-13-8-7-10(12-11)9-5-3-2-4-6-9/h9-10,12H,2-8,11H2,1H3. The van der Waals surface area contributed by atoms with Gasteiger partial charge in [-0.25, -0.2) is 0 Å². The van der Waals surface area contributed by atoms with Crippen molar-refractivity contribution in [3.05, 3.63) is 0 Å². The lowest BCUT2D eigenvalue weighted by molar-refractivity contribution is 0.159. The van der Waals surface area contributed by atoms with Crippen molar-refractivity contribution in [2.75, 3.05) is 13.7 Å². The van der Waals surface area contributed by atoms with Crippen molar-refractivity contribution in [3.8, 4) is 0 Å². The van der Waals surface area contributed by atoms with Crippen LogP contribution in [0, 0.1) is 5.92 Å². The Morgan fingerprint density at radius 2 is 2.08 bits per heavy atom. The van der Waals surface area contributed by atoms with E-state index in [9.17, 15) is 0 Å². The van der Waals surface area contributed by atoms with E-state index in [1.54, 1.807) is 7.11 Å². The molecule has 1 aliphatic carbocycles. The predicted molar refractivity (Wildman–Crippen MR) is 54.2 cm³/mol. The molecule has 0 aromatic carbocycles. The van der Waals surface area contributed by atoms with Crippen molar-refractivity contribution in [1.29, 1.82) is 0 Å². The molecule has 1 saturated carbocycles. The van der Waals surface area contributed by atoms with Gasteiger partial charge in [-0.3, -0.25) is 11.3 Å². The lowest BCUT2D eigenvalue weighted by Gasteiger charge is -2.29. The van der Waals surface area contributed by atoms with Crippen LogP contribution >= 0.6 is 0 Å². The fourth-order valence-corrected chi connectivity index (χ4v) is 2.24. The molecular formula is C10H22N2O. The molecule has 0 aliphatic heterocycles. The monoisotopic (exact) mass is 186 g/mol. The van der Waals surface area contributed by atoms with Crippen molar-refractivity contribution >= 4 is 0 Å². The fraction of sp³-hybridized carbons (Fsp3) is 1.00. The second kappa shape index (κ2) is 6.35. The Labute approximate surface area is 81.0 Å². The highest BCUT2D eigenvalue weighted by Crippen LogP contribution is 2.27. The molecule has 0 heterocycles. The van der Waals surface area contributed by atoms with Crippen molar-refractivity contribution in [3.63, 3.8) is 0 Å². The van der Waals surface area contributed by atoms with E-state index in [4.69, 9.17) is 10.6 Å². The number of nitrogens with one attached hydrogen (secondary N) is 1. The van der Waals surface area contributed by atoms with Gasteiger partial charge in [0.25, 0.3) is 0 Å². The third kappa shape index (κ3) is 3.63. The Morgan fingerprint density at radius 1 is 1.38 bits per heavy atom. The molecule has 0 aromatic heterocycles. The van der Waals surface area contributed by atoms with Crippen molar-refractivity contribution in [1.82, 2.24) is 5.43 Å². The van der Waals surface area contributed by atoms with Gasteiger partial charge in [-0.05, 0) is 25.2 Å². The van der Waals surface area contributed by atoms with E-state index in [-0.39, 0.29) is 0 Å². The first-order valence-electron chi connectivity index (χ1n) is 5.33. The molecule has 1 atom stereocenters. The minimum atomic E-state index is 0.459. The summed E-state index contributed by atoms with van der Waals surface area (Å²) in [6.07, 6.45) is 7.85. The van der Waals surface area contributed by atoms with Crippen molar-refractivity contribution < 1.29 is 4.74 Å². The molecule has 78 valence electrons. The topological polar surface area (TPSA) is 47.3 Å². The zero-order chi connectivity index (χ0) is 9.52. The summed E-state index contributed by atoms with van der Waals surface area (Å²) < 4.78 is 5.07. The Morgan fingerprint density at radius 3 is 2.62 bits per heavy atom. The van der Waals surface area contributed by atoms with Gasteiger partial charge in [0.15, 0.2) is 0 Å². The number of rotatable bonds is 5. The summed E-state index contributed by atoms with van der Waals surface area (Å²) >= 11 is 0. The van der Waals surface area contributed by atoms with E-state index in [0.29, 0.717) is 6.04 Å². The Hall–Kier alpha value is -0.120. The number of hydrogen-bond acceptors (Lipinski definition) is 3. The average molecular weight is 186 g/mol.